The first kappa shape index (κ1) is 20.2. The van der Waals surface area contributed by atoms with Gasteiger partial charge in [0, 0.05) is 44.1 Å². The minimum atomic E-state index is -0.216. The molecule has 0 spiro atoms. The predicted molar refractivity (Wildman–Crippen MR) is 112 cm³/mol. The van der Waals surface area contributed by atoms with Crippen molar-refractivity contribution in [2.24, 2.45) is 10.7 Å². The second kappa shape index (κ2) is 9.56. The first-order chi connectivity index (χ1) is 12.2. The molecular weight excluding hydrogens is 448 g/mol. The Morgan fingerprint density at radius 3 is 2.42 bits per heavy atom. The Kier molecular flexibility index (Phi) is 7.43. The number of benzene rings is 1. The van der Waals surface area contributed by atoms with E-state index in [1.165, 1.54) is 12.1 Å². The van der Waals surface area contributed by atoms with Crippen molar-refractivity contribution in [1.29, 1.82) is 0 Å². The van der Waals surface area contributed by atoms with Gasteiger partial charge in [-0.15, -0.1) is 24.0 Å². The van der Waals surface area contributed by atoms with Gasteiger partial charge in [-0.3, -0.25) is 0 Å². The molecule has 26 heavy (non-hydrogen) atoms. The molecule has 0 amide bonds. The standard InChI is InChI=1S/C18H22FN5O.HI/c1-25-17-7-2-14(12-21-17)13-22-18(20)24-10-8-23(9-11-24)16-5-3-15(19)4-6-16;/h2-7,12H,8-11,13H2,1H3,(H2,20,22);1H. The number of hydrogen-bond acceptors (Lipinski definition) is 4. The van der Waals surface area contributed by atoms with E-state index in [0.29, 0.717) is 18.4 Å². The highest BCUT2D eigenvalue weighted by molar-refractivity contribution is 14.0. The smallest absolute Gasteiger partial charge is 0.212 e. The Morgan fingerprint density at radius 2 is 1.85 bits per heavy atom. The van der Waals surface area contributed by atoms with E-state index in [2.05, 4.69) is 19.8 Å². The quantitative estimate of drug-likeness (QED) is 0.422. The summed E-state index contributed by atoms with van der Waals surface area (Å²) in [5.74, 6) is 0.902. The van der Waals surface area contributed by atoms with E-state index in [-0.39, 0.29) is 29.8 Å². The molecule has 2 N–H and O–H groups in total. The van der Waals surface area contributed by atoms with E-state index in [9.17, 15) is 4.39 Å². The van der Waals surface area contributed by atoms with Crippen LogP contribution in [0.2, 0.25) is 0 Å². The van der Waals surface area contributed by atoms with Crippen molar-refractivity contribution in [3.63, 3.8) is 0 Å². The van der Waals surface area contributed by atoms with Gasteiger partial charge in [-0.2, -0.15) is 0 Å². The minimum absolute atomic E-state index is 0. The molecule has 1 aromatic carbocycles. The lowest BCUT2D eigenvalue weighted by molar-refractivity contribution is 0.380. The summed E-state index contributed by atoms with van der Waals surface area (Å²) < 4.78 is 18.1. The van der Waals surface area contributed by atoms with Gasteiger partial charge in [0.1, 0.15) is 5.82 Å². The lowest BCUT2D eigenvalue weighted by atomic mass is 10.2. The maximum Gasteiger partial charge on any atom is 0.212 e. The van der Waals surface area contributed by atoms with Crippen LogP contribution in [0.25, 0.3) is 0 Å². The van der Waals surface area contributed by atoms with Crippen molar-refractivity contribution in [2.45, 2.75) is 6.54 Å². The molecule has 1 aliphatic heterocycles. The molecule has 2 heterocycles. The van der Waals surface area contributed by atoms with Crippen LogP contribution < -0.4 is 15.4 Å². The Morgan fingerprint density at radius 1 is 1.15 bits per heavy atom. The van der Waals surface area contributed by atoms with Crippen LogP contribution in [-0.4, -0.2) is 49.1 Å². The third-order valence-corrected chi connectivity index (χ3v) is 4.23. The third kappa shape index (κ3) is 5.20. The third-order valence-electron chi connectivity index (χ3n) is 4.23. The number of nitrogens with two attached hydrogens (primary N) is 1. The SMILES string of the molecule is COc1ccc(CN=C(N)N2CCN(c3ccc(F)cc3)CC2)cn1.I. The van der Waals surface area contributed by atoms with Crippen LogP contribution in [-0.2, 0) is 6.54 Å². The topological polar surface area (TPSA) is 67.0 Å². The molecule has 1 fully saturated rings. The summed E-state index contributed by atoms with van der Waals surface area (Å²) >= 11 is 0. The molecule has 8 heteroatoms. The van der Waals surface area contributed by atoms with Gasteiger partial charge in [0.15, 0.2) is 5.96 Å². The van der Waals surface area contributed by atoms with Gasteiger partial charge < -0.3 is 20.3 Å². The normalized spacial score (nSPS) is 14.8. The molecule has 1 saturated heterocycles. The minimum Gasteiger partial charge on any atom is -0.481 e. The Labute approximate surface area is 169 Å². The monoisotopic (exact) mass is 471 g/mol. The predicted octanol–water partition coefficient (Wildman–Crippen LogP) is 2.48. The van der Waals surface area contributed by atoms with Crippen molar-refractivity contribution in [1.82, 2.24) is 9.88 Å². The number of guanidine groups is 1. The van der Waals surface area contributed by atoms with E-state index < -0.39 is 0 Å². The van der Waals surface area contributed by atoms with Crippen molar-refractivity contribution in [3.05, 3.63) is 54.0 Å². The highest BCUT2D eigenvalue weighted by Crippen LogP contribution is 2.17. The van der Waals surface area contributed by atoms with E-state index in [4.69, 9.17) is 10.5 Å². The molecule has 6 nitrogen and oxygen atoms in total. The van der Waals surface area contributed by atoms with Crippen LogP contribution >= 0.6 is 24.0 Å². The molecule has 1 aliphatic rings. The van der Waals surface area contributed by atoms with Crippen LogP contribution in [0.3, 0.4) is 0 Å². The van der Waals surface area contributed by atoms with Crippen LogP contribution in [0.1, 0.15) is 5.56 Å². The number of anilines is 1. The lowest BCUT2D eigenvalue weighted by Crippen LogP contribution is -2.51. The molecular formula is C18H23FIN5O. The number of pyridine rings is 1. The Bertz CT molecular complexity index is 715. The summed E-state index contributed by atoms with van der Waals surface area (Å²) in [7, 11) is 1.59. The number of piperazine rings is 1. The second-order valence-electron chi connectivity index (χ2n) is 5.83. The van der Waals surface area contributed by atoms with Crippen LogP contribution in [0.5, 0.6) is 5.88 Å². The molecule has 0 bridgehead atoms. The molecule has 2 aromatic rings. The number of hydrogen-bond donors (Lipinski definition) is 1. The fraction of sp³-hybridized carbons (Fsp3) is 0.333. The maximum absolute atomic E-state index is 13.0. The zero-order chi connectivity index (χ0) is 17.6. The summed E-state index contributed by atoms with van der Waals surface area (Å²) in [5.41, 5.74) is 8.13. The maximum atomic E-state index is 13.0. The Balaban J connectivity index is 0.00000243. The second-order valence-corrected chi connectivity index (χ2v) is 5.83. The van der Waals surface area contributed by atoms with E-state index in [1.54, 1.807) is 25.4 Å². The van der Waals surface area contributed by atoms with Crippen molar-refractivity contribution >= 4 is 35.6 Å². The van der Waals surface area contributed by atoms with Crippen molar-refractivity contribution in [3.8, 4) is 5.88 Å². The van der Waals surface area contributed by atoms with Crippen LogP contribution in [0, 0.1) is 5.82 Å². The summed E-state index contributed by atoms with van der Waals surface area (Å²) in [6.45, 7) is 3.71. The molecule has 3 rings (SSSR count). The van der Waals surface area contributed by atoms with Gasteiger partial charge in [0.25, 0.3) is 0 Å². The fourth-order valence-corrected chi connectivity index (χ4v) is 2.74. The van der Waals surface area contributed by atoms with Gasteiger partial charge in [0.2, 0.25) is 5.88 Å². The molecule has 0 saturated carbocycles. The lowest BCUT2D eigenvalue weighted by Gasteiger charge is -2.36. The zero-order valence-corrected chi connectivity index (χ0v) is 17.0. The number of ether oxygens (including phenoxy) is 1. The number of nitrogens with zero attached hydrogens (tertiary/aromatic N) is 4. The van der Waals surface area contributed by atoms with Gasteiger partial charge in [0.05, 0.1) is 13.7 Å². The van der Waals surface area contributed by atoms with Crippen molar-refractivity contribution in [2.75, 3.05) is 38.2 Å². The average Bonchev–Trinajstić information content (AvgIpc) is 2.67. The average molecular weight is 471 g/mol. The highest BCUT2D eigenvalue weighted by atomic mass is 127. The van der Waals surface area contributed by atoms with Crippen molar-refractivity contribution < 1.29 is 9.13 Å². The molecule has 140 valence electrons. The zero-order valence-electron chi connectivity index (χ0n) is 14.6. The van der Waals surface area contributed by atoms with Gasteiger partial charge in [-0.05, 0) is 29.8 Å². The summed E-state index contributed by atoms with van der Waals surface area (Å²) in [6.07, 6.45) is 1.74. The number of aliphatic imine (C=N–C) groups is 1. The van der Waals surface area contributed by atoms with Gasteiger partial charge in [-0.1, -0.05) is 6.07 Å². The molecule has 0 aliphatic carbocycles. The Hall–Kier alpha value is -2.10. The number of rotatable bonds is 4. The number of aromatic nitrogens is 1. The number of methoxy groups -OCH3 is 1. The van der Waals surface area contributed by atoms with Gasteiger partial charge in [-0.25, -0.2) is 14.4 Å². The first-order valence-electron chi connectivity index (χ1n) is 8.20. The summed E-state index contributed by atoms with van der Waals surface area (Å²) in [5, 5.41) is 0. The van der Waals surface area contributed by atoms with E-state index >= 15 is 0 Å². The van der Waals surface area contributed by atoms with E-state index in [1.807, 2.05) is 12.1 Å². The van der Waals surface area contributed by atoms with E-state index in [0.717, 1.165) is 37.4 Å². The molecule has 0 radical (unpaired) electrons. The highest BCUT2D eigenvalue weighted by Gasteiger charge is 2.18. The van der Waals surface area contributed by atoms with Crippen LogP contribution in [0.15, 0.2) is 47.6 Å². The van der Waals surface area contributed by atoms with Crippen LogP contribution in [0.4, 0.5) is 10.1 Å². The fourth-order valence-electron chi connectivity index (χ4n) is 2.74. The summed E-state index contributed by atoms with van der Waals surface area (Å²) in [4.78, 5) is 12.9. The van der Waals surface area contributed by atoms with Gasteiger partial charge >= 0.3 is 0 Å². The molecule has 1 aromatic heterocycles. The largest absolute Gasteiger partial charge is 0.481 e. The molecule has 0 unspecified atom stereocenters. The number of halogens is 2. The molecule has 0 atom stereocenters. The summed E-state index contributed by atoms with van der Waals surface area (Å²) in [6, 6.07) is 10.3. The first-order valence-corrected chi connectivity index (χ1v) is 8.20.